The lowest BCUT2D eigenvalue weighted by Crippen LogP contribution is -2.51. The summed E-state index contributed by atoms with van der Waals surface area (Å²) in [5.74, 6) is -4.53. The second-order valence-electron chi connectivity index (χ2n) is 4.63. The summed E-state index contributed by atoms with van der Waals surface area (Å²) in [6.07, 6.45) is -0.960. The molecule has 136 valence electrons. The molecular weight excluding hydrogens is 346 g/mol. The molecule has 24 heavy (non-hydrogen) atoms. The number of nitrogens with one attached hydrogen (secondary N) is 3. The zero-order chi connectivity index (χ0) is 18.7. The molecule has 0 unspecified atom stereocenters. The molecule has 0 heterocycles. The van der Waals surface area contributed by atoms with Gasteiger partial charge >= 0.3 is 23.9 Å². The summed E-state index contributed by atoms with van der Waals surface area (Å²) >= 11 is 3.72. The smallest absolute Gasteiger partial charge is 0.326 e. The van der Waals surface area contributed by atoms with Crippen LogP contribution in [0.5, 0.6) is 0 Å². The fourth-order valence-corrected chi connectivity index (χ4v) is 1.66. The van der Waals surface area contributed by atoms with Gasteiger partial charge < -0.3 is 31.3 Å². The second kappa shape index (κ2) is 11.1. The zero-order valence-corrected chi connectivity index (χ0v) is 13.4. The highest BCUT2D eigenvalue weighted by Crippen LogP contribution is 1.99. The molecule has 0 aromatic rings. The quantitative estimate of drug-likeness (QED) is 0.216. The molecule has 2 atom stereocenters. The Hall–Kier alpha value is -2.50. The van der Waals surface area contributed by atoms with Crippen LogP contribution in [-0.2, 0) is 19.2 Å². The van der Waals surface area contributed by atoms with E-state index in [0.29, 0.717) is 0 Å². The highest BCUT2D eigenvalue weighted by Gasteiger charge is 2.24. The van der Waals surface area contributed by atoms with Crippen molar-refractivity contribution < 1.29 is 39.3 Å². The molecule has 0 fully saturated rings. The van der Waals surface area contributed by atoms with Gasteiger partial charge in [-0.25, -0.2) is 14.4 Å². The molecule has 0 spiro atoms. The van der Waals surface area contributed by atoms with Gasteiger partial charge in [0.1, 0.15) is 12.1 Å². The van der Waals surface area contributed by atoms with E-state index >= 15 is 0 Å². The number of carbonyl (C=O) groups excluding carboxylic acids is 2. The van der Waals surface area contributed by atoms with E-state index in [9.17, 15) is 24.0 Å². The van der Waals surface area contributed by atoms with Crippen LogP contribution in [-0.4, -0.2) is 69.5 Å². The maximum Gasteiger partial charge on any atom is 0.326 e. The Bertz CT molecular complexity index is 499. The maximum absolute atomic E-state index is 11.7. The van der Waals surface area contributed by atoms with Gasteiger partial charge in [0.2, 0.25) is 5.91 Å². The van der Waals surface area contributed by atoms with Crippen molar-refractivity contribution in [3.05, 3.63) is 0 Å². The van der Waals surface area contributed by atoms with Gasteiger partial charge in [0.25, 0.3) is 0 Å². The van der Waals surface area contributed by atoms with Gasteiger partial charge in [-0.2, -0.15) is 12.6 Å². The lowest BCUT2D eigenvalue weighted by molar-refractivity contribution is -0.140. The van der Waals surface area contributed by atoms with Crippen molar-refractivity contribution in [2.75, 3.05) is 12.3 Å². The SMILES string of the molecule is O=C(O)CC[C@H](NC(=O)N[C@@H](CCNC(=O)CS)C(=O)O)C(=O)O. The lowest BCUT2D eigenvalue weighted by atomic mass is 10.1. The van der Waals surface area contributed by atoms with E-state index in [1.807, 2.05) is 5.32 Å². The average molecular weight is 365 g/mol. The molecule has 0 aromatic heterocycles. The van der Waals surface area contributed by atoms with Gasteiger partial charge in [-0.1, -0.05) is 0 Å². The molecule has 3 amide bonds. The van der Waals surface area contributed by atoms with Crippen LogP contribution in [0.15, 0.2) is 0 Å². The first-order valence-corrected chi connectivity index (χ1v) is 7.42. The summed E-state index contributed by atoms with van der Waals surface area (Å²) in [5.41, 5.74) is 0. The van der Waals surface area contributed by atoms with E-state index in [2.05, 4.69) is 23.3 Å². The summed E-state index contributed by atoms with van der Waals surface area (Å²) in [6, 6.07) is -3.90. The monoisotopic (exact) mass is 365 g/mol. The first kappa shape index (κ1) is 21.5. The fourth-order valence-electron chi connectivity index (χ4n) is 1.55. The van der Waals surface area contributed by atoms with Crippen LogP contribution < -0.4 is 16.0 Å². The number of carbonyl (C=O) groups is 5. The van der Waals surface area contributed by atoms with Gasteiger partial charge in [0.15, 0.2) is 0 Å². The van der Waals surface area contributed by atoms with Crippen LogP contribution in [0.1, 0.15) is 19.3 Å². The molecule has 6 N–H and O–H groups in total. The highest BCUT2D eigenvalue weighted by molar-refractivity contribution is 7.81. The standard InChI is InChI=1S/C12H19N3O8S/c16-8(5-24)13-4-3-7(11(21)22)15-12(23)14-6(10(19)20)1-2-9(17)18/h6-7,24H,1-5H2,(H,13,16)(H,17,18)(H,19,20)(H,21,22)(H2,14,15,23)/t6-,7-/m0/s1. The van der Waals surface area contributed by atoms with Crippen LogP contribution in [0.3, 0.4) is 0 Å². The third kappa shape index (κ3) is 9.50. The summed E-state index contributed by atoms with van der Waals surface area (Å²) < 4.78 is 0. The minimum Gasteiger partial charge on any atom is -0.481 e. The number of hydrogen-bond acceptors (Lipinski definition) is 6. The van der Waals surface area contributed by atoms with E-state index < -0.39 is 48.4 Å². The summed E-state index contributed by atoms with van der Waals surface area (Å²) in [5, 5.41) is 32.8. The van der Waals surface area contributed by atoms with Crippen LogP contribution in [0.25, 0.3) is 0 Å². The van der Waals surface area contributed by atoms with Crippen LogP contribution in [0.2, 0.25) is 0 Å². The van der Waals surface area contributed by atoms with Crippen molar-refractivity contribution in [3.63, 3.8) is 0 Å². The van der Waals surface area contributed by atoms with Gasteiger partial charge in [-0.05, 0) is 12.8 Å². The third-order valence-electron chi connectivity index (χ3n) is 2.75. The molecule has 11 nitrogen and oxygen atoms in total. The van der Waals surface area contributed by atoms with Crippen molar-refractivity contribution >= 4 is 42.5 Å². The van der Waals surface area contributed by atoms with Gasteiger partial charge in [0, 0.05) is 13.0 Å². The number of urea groups is 1. The number of thiol groups is 1. The Morgan fingerprint density at radius 2 is 1.38 bits per heavy atom. The number of carboxylic acid groups (broad SMARTS) is 3. The number of amides is 3. The van der Waals surface area contributed by atoms with E-state index in [-0.39, 0.29) is 25.1 Å². The van der Waals surface area contributed by atoms with E-state index in [4.69, 9.17) is 15.3 Å². The van der Waals surface area contributed by atoms with Crippen molar-refractivity contribution in [3.8, 4) is 0 Å². The van der Waals surface area contributed by atoms with Crippen molar-refractivity contribution in [1.29, 1.82) is 0 Å². The topological polar surface area (TPSA) is 182 Å². The van der Waals surface area contributed by atoms with Gasteiger partial charge in [0.05, 0.1) is 5.75 Å². The number of hydrogen-bond donors (Lipinski definition) is 7. The van der Waals surface area contributed by atoms with Crippen LogP contribution in [0.4, 0.5) is 4.79 Å². The Balaban J connectivity index is 4.52. The predicted molar refractivity (Wildman–Crippen MR) is 82.9 cm³/mol. The van der Waals surface area contributed by atoms with Crippen molar-refractivity contribution in [2.45, 2.75) is 31.3 Å². The molecule has 12 heteroatoms. The van der Waals surface area contributed by atoms with E-state index in [1.54, 1.807) is 0 Å². The molecule has 0 rings (SSSR count). The maximum atomic E-state index is 11.7. The van der Waals surface area contributed by atoms with E-state index in [1.165, 1.54) is 0 Å². The Morgan fingerprint density at radius 3 is 1.79 bits per heavy atom. The average Bonchev–Trinajstić information content (AvgIpc) is 2.49. The minimum atomic E-state index is -1.47. The Morgan fingerprint density at radius 1 is 0.875 bits per heavy atom. The Kier molecular flexibility index (Phi) is 9.94. The summed E-state index contributed by atoms with van der Waals surface area (Å²) in [7, 11) is 0. The minimum absolute atomic E-state index is 0.0297. The number of carboxylic acids is 3. The molecule has 0 saturated heterocycles. The molecule has 0 aliphatic rings. The molecule has 0 saturated carbocycles. The molecular formula is C12H19N3O8S. The normalized spacial score (nSPS) is 12.5. The molecule has 0 bridgehead atoms. The molecule has 0 radical (unpaired) electrons. The van der Waals surface area contributed by atoms with Gasteiger partial charge in [-0.3, -0.25) is 9.59 Å². The lowest BCUT2D eigenvalue weighted by Gasteiger charge is -2.18. The fraction of sp³-hybridized carbons (Fsp3) is 0.583. The highest BCUT2D eigenvalue weighted by atomic mass is 32.1. The third-order valence-corrected chi connectivity index (χ3v) is 3.04. The van der Waals surface area contributed by atoms with Crippen molar-refractivity contribution in [1.82, 2.24) is 16.0 Å². The molecule has 0 aliphatic carbocycles. The Labute approximate surface area is 142 Å². The number of rotatable bonds is 11. The second-order valence-corrected chi connectivity index (χ2v) is 4.94. The largest absolute Gasteiger partial charge is 0.481 e. The molecule has 0 aromatic carbocycles. The molecule has 0 aliphatic heterocycles. The van der Waals surface area contributed by atoms with Crippen LogP contribution >= 0.6 is 12.6 Å². The van der Waals surface area contributed by atoms with Gasteiger partial charge in [-0.15, -0.1) is 0 Å². The van der Waals surface area contributed by atoms with Crippen LogP contribution in [0, 0.1) is 0 Å². The predicted octanol–water partition coefficient (Wildman–Crippen LogP) is -1.51. The number of aliphatic carboxylic acids is 3. The first-order chi connectivity index (χ1) is 11.2. The first-order valence-electron chi connectivity index (χ1n) is 6.79. The summed E-state index contributed by atoms with van der Waals surface area (Å²) in [4.78, 5) is 55.1. The zero-order valence-electron chi connectivity index (χ0n) is 12.5. The van der Waals surface area contributed by atoms with Crippen molar-refractivity contribution in [2.24, 2.45) is 0 Å². The summed E-state index contributed by atoms with van der Waals surface area (Å²) in [6.45, 7) is -0.0297. The van der Waals surface area contributed by atoms with E-state index in [0.717, 1.165) is 0 Å².